The van der Waals surface area contributed by atoms with Gasteiger partial charge in [-0.1, -0.05) is 6.07 Å². The van der Waals surface area contributed by atoms with Crippen LogP contribution in [0.25, 0.3) is 0 Å². The summed E-state index contributed by atoms with van der Waals surface area (Å²) in [5.74, 6) is 1.17. The van der Waals surface area contributed by atoms with E-state index in [0.29, 0.717) is 6.04 Å². The lowest BCUT2D eigenvalue weighted by molar-refractivity contribution is 0.565. The molecular weight excluding hydrogens is 198 g/mol. The lowest BCUT2D eigenvalue weighted by atomic mass is 10.1. The van der Waals surface area contributed by atoms with Crippen molar-refractivity contribution in [2.75, 3.05) is 25.0 Å². The van der Waals surface area contributed by atoms with Gasteiger partial charge in [0, 0.05) is 30.9 Å². The fraction of sp³-hybridized carbons (Fsp3) is 0.615. The van der Waals surface area contributed by atoms with Crippen molar-refractivity contribution >= 4 is 5.82 Å². The summed E-state index contributed by atoms with van der Waals surface area (Å²) in [6.07, 6.45) is 5.85. The Morgan fingerprint density at radius 1 is 1.31 bits per heavy atom. The molecule has 2 rings (SSSR count). The van der Waals surface area contributed by atoms with E-state index < -0.39 is 0 Å². The third kappa shape index (κ3) is 2.35. The predicted molar refractivity (Wildman–Crippen MR) is 67.8 cm³/mol. The molecule has 0 bridgehead atoms. The van der Waals surface area contributed by atoms with E-state index in [9.17, 15) is 0 Å². The Labute approximate surface area is 97.9 Å². The smallest absolute Gasteiger partial charge is 0.133 e. The first kappa shape index (κ1) is 11.4. The zero-order valence-electron chi connectivity index (χ0n) is 10.2. The standard InChI is InChI=1S/C13H21N3/c1-11(14-2)12-7-6-8-15-13(12)16-9-4-3-5-10-16/h6-8,11,14H,3-5,9-10H2,1-2H3. The van der Waals surface area contributed by atoms with Crippen LogP contribution in [0.2, 0.25) is 0 Å². The van der Waals surface area contributed by atoms with E-state index >= 15 is 0 Å². The Morgan fingerprint density at radius 2 is 2.06 bits per heavy atom. The number of nitrogens with zero attached hydrogens (tertiary/aromatic N) is 2. The van der Waals surface area contributed by atoms with Gasteiger partial charge in [-0.15, -0.1) is 0 Å². The van der Waals surface area contributed by atoms with Gasteiger partial charge in [-0.2, -0.15) is 0 Å². The highest BCUT2D eigenvalue weighted by Crippen LogP contribution is 2.25. The van der Waals surface area contributed by atoms with Crippen molar-refractivity contribution in [1.82, 2.24) is 10.3 Å². The van der Waals surface area contributed by atoms with E-state index in [4.69, 9.17) is 0 Å². The monoisotopic (exact) mass is 219 g/mol. The quantitative estimate of drug-likeness (QED) is 0.846. The minimum absolute atomic E-state index is 0.366. The molecule has 2 heterocycles. The van der Waals surface area contributed by atoms with Gasteiger partial charge in [0.1, 0.15) is 5.82 Å². The van der Waals surface area contributed by atoms with E-state index in [1.165, 1.54) is 30.6 Å². The largest absolute Gasteiger partial charge is 0.356 e. The number of hydrogen-bond donors (Lipinski definition) is 1. The SMILES string of the molecule is CNC(C)c1cccnc1N1CCCCC1. The van der Waals surface area contributed by atoms with Crippen molar-refractivity contribution in [2.24, 2.45) is 0 Å². The van der Waals surface area contributed by atoms with Crippen molar-refractivity contribution in [2.45, 2.75) is 32.2 Å². The first-order valence-corrected chi connectivity index (χ1v) is 6.20. The molecule has 0 aliphatic carbocycles. The van der Waals surface area contributed by atoms with Crippen LogP contribution in [-0.2, 0) is 0 Å². The Kier molecular flexibility index (Phi) is 3.78. The number of piperidine rings is 1. The Balaban J connectivity index is 2.24. The van der Waals surface area contributed by atoms with Crippen molar-refractivity contribution in [3.63, 3.8) is 0 Å². The van der Waals surface area contributed by atoms with Gasteiger partial charge in [-0.05, 0) is 39.3 Å². The molecular formula is C13H21N3. The third-order valence-electron chi connectivity index (χ3n) is 3.37. The molecule has 3 nitrogen and oxygen atoms in total. The van der Waals surface area contributed by atoms with E-state index in [1.807, 2.05) is 19.3 Å². The Bertz CT molecular complexity index is 332. The number of pyridine rings is 1. The van der Waals surface area contributed by atoms with Crippen molar-refractivity contribution in [3.8, 4) is 0 Å². The van der Waals surface area contributed by atoms with Crippen LogP contribution >= 0.6 is 0 Å². The Morgan fingerprint density at radius 3 is 2.75 bits per heavy atom. The first-order chi connectivity index (χ1) is 7.83. The molecule has 1 saturated heterocycles. The highest BCUT2D eigenvalue weighted by molar-refractivity contribution is 5.48. The molecule has 88 valence electrons. The lowest BCUT2D eigenvalue weighted by Crippen LogP contribution is -2.32. The zero-order chi connectivity index (χ0) is 11.4. The van der Waals surface area contributed by atoms with Gasteiger partial charge in [0.15, 0.2) is 0 Å². The van der Waals surface area contributed by atoms with Crippen molar-refractivity contribution in [3.05, 3.63) is 23.9 Å². The molecule has 0 spiro atoms. The Hall–Kier alpha value is -1.09. The maximum absolute atomic E-state index is 4.56. The molecule has 1 N–H and O–H groups in total. The van der Waals surface area contributed by atoms with Gasteiger partial charge in [0.05, 0.1) is 0 Å². The molecule has 1 aromatic heterocycles. The molecule has 1 atom stereocenters. The molecule has 3 heteroatoms. The maximum Gasteiger partial charge on any atom is 0.133 e. The minimum Gasteiger partial charge on any atom is -0.356 e. The molecule has 1 aliphatic rings. The second-order valence-corrected chi connectivity index (χ2v) is 4.47. The minimum atomic E-state index is 0.366. The van der Waals surface area contributed by atoms with Crippen molar-refractivity contribution < 1.29 is 0 Å². The summed E-state index contributed by atoms with van der Waals surface area (Å²) in [5.41, 5.74) is 1.31. The lowest BCUT2D eigenvalue weighted by Gasteiger charge is -2.30. The molecule has 1 fully saturated rings. The number of hydrogen-bond acceptors (Lipinski definition) is 3. The number of nitrogens with one attached hydrogen (secondary N) is 1. The van der Waals surface area contributed by atoms with Gasteiger partial charge < -0.3 is 10.2 Å². The van der Waals surface area contributed by atoms with Crippen LogP contribution in [0.1, 0.15) is 37.8 Å². The van der Waals surface area contributed by atoms with Gasteiger partial charge >= 0.3 is 0 Å². The average Bonchev–Trinajstić information content (AvgIpc) is 2.39. The predicted octanol–water partition coefficient (Wildman–Crippen LogP) is 2.35. The molecule has 16 heavy (non-hydrogen) atoms. The highest BCUT2D eigenvalue weighted by Gasteiger charge is 2.17. The second kappa shape index (κ2) is 5.30. The number of aromatic nitrogens is 1. The van der Waals surface area contributed by atoms with Crippen LogP contribution < -0.4 is 10.2 Å². The van der Waals surface area contributed by atoms with Gasteiger partial charge in [-0.3, -0.25) is 0 Å². The fourth-order valence-corrected chi connectivity index (χ4v) is 2.27. The number of anilines is 1. The number of rotatable bonds is 3. The summed E-state index contributed by atoms with van der Waals surface area (Å²) in [5, 5.41) is 3.29. The highest BCUT2D eigenvalue weighted by atomic mass is 15.2. The molecule has 0 radical (unpaired) electrons. The van der Waals surface area contributed by atoms with E-state index in [-0.39, 0.29) is 0 Å². The fourth-order valence-electron chi connectivity index (χ4n) is 2.27. The molecule has 1 unspecified atom stereocenters. The molecule has 0 amide bonds. The van der Waals surface area contributed by atoms with E-state index in [2.05, 4.69) is 28.2 Å². The van der Waals surface area contributed by atoms with Gasteiger partial charge in [0.2, 0.25) is 0 Å². The van der Waals surface area contributed by atoms with Crippen LogP contribution in [0, 0.1) is 0 Å². The molecule has 0 saturated carbocycles. The van der Waals surface area contributed by atoms with Crippen LogP contribution in [0.4, 0.5) is 5.82 Å². The van der Waals surface area contributed by atoms with Gasteiger partial charge in [-0.25, -0.2) is 4.98 Å². The normalized spacial score (nSPS) is 18.5. The summed E-state index contributed by atoms with van der Waals surface area (Å²) >= 11 is 0. The summed E-state index contributed by atoms with van der Waals surface area (Å²) < 4.78 is 0. The summed E-state index contributed by atoms with van der Waals surface area (Å²) in [6, 6.07) is 4.57. The summed E-state index contributed by atoms with van der Waals surface area (Å²) in [4.78, 5) is 6.98. The van der Waals surface area contributed by atoms with Crippen LogP contribution in [0.15, 0.2) is 18.3 Å². The second-order valence-electron chi connectivity index (χ2n) is 4.47. The topological polar surface area (TPSA) is 28.2 Å². The van der Waals surface area contributed by atoms with Crippen LogP contribution in [-0.4, -0.2) is 25.1 Å². The maximum atomic E-state index is 4.56. The third-order valence-corrected chi connectivity index (χ3v) is 3.37. The van der Waals surface area contributed by atoms with E-state index in [1.54, 1.807) is 0 Å². The summed E-state index contributed by atoms with van der Waals surface area (Å²) in [7, 11) is 2.00. The molecule has 0 aromatic carbocycles. The molecule has 1 aromatic rings. The summed E-state index contributed by atoms with van der Waals surface area (Å²) in [6.45, 7) is 4.49. The first-order valence-electron chi connectivity index (χ1n) is 6.20. The molecule has 1 aliphatic heterocycles. The zero-order valence-corrected chi connectivity index (χ0v) is 10.2. The average molecular weight is 219 g/mol. The van der Waals surface area contributed by atoms with Gasteiger partial charge in [0.25, 0.3) is 0 Å². The van der Waals surface area contributed by atoms with Crippen LogP contribution in [0.5, 0.6) is 0 Å². The van der Waals surface area contributed by atoms with E-state index in [0.717, 1.165) is 13.1 Å². The van der Waals surface area contributed by atoms with Crippen molar-refractivity contribution in [1.29, 1.82) is 0 Å². The van der Waals surface area contributed by atoms with Crippen LogP contribution in [0.3, 0.4) is 0 Å².